The molecule has 0 unspecified atom stereocenters. The van der Waals surface area contributed by atoms with Crippen molar-refractivity contribution in [2.75, 3.05) is 12.3 Å². The number of aromatic nitrogens is 1. The molecule has 1 aromatic carbocycles. The average Bonchev–Trinajstić information content (AvgIpc) is 3.10. The number of carbonyl (C=O) groups excluding carboxylic acids is 3. The van der Waals surface area contributed by atoms with Gasteiger partial charge in [0.2, 0.25) is 5.91 Å². The summed E-state index contributed by atoms with van der Waals surface area (Å²) in [4.78, 5) is 39.4. The van der Waals surface area contributed by atoms with Crippen molar-refractivity contribution in [2.45, 2.75) is 46.2 Å². The molecule has 168 valence electrons. The van der Waals surface area contributed by atoms with Crippen molar-refractivity contribution in [3.8, 4) is 0 Å². The Morgan fingerprint density at radius 3 is 2.48 bits per heavy atom. The molecule has 10 heteroatoms. The van der Waals surface area contributed by atoms with Gasteiger partial charge in [0.1, 0.15) is 10.9 Å². The lowest BCUT2D eigenvalue weighted by Crippen LogP contribution is -2.49. The fourth-order valence-electron chi connectivity index (χ4n) is 3.04. The molecule has 31 heavy (non-hydrogen) atoms. The molecule has 5 N–H and O–H groups in total. The van der Waals surface area contributed by atoms with Crippen LogP contribution < -0.4 is 16.8 Å². The number of carbonyl (C=O) groups is 3. The highest BCUT2D eigenvalue weighted by atomic mass is 35.5. The number of nitrogens with zero attached hydrogens (tertiary/aromatic N) is 2. The van der Waals surface area contributed by atoms with Gasteiger partial charge in [-0.25, -0.2) is 0 Å². The average molecular weight is 466 g/mol. The van der Waals surface area contributed by atoms with Gasteiger partial charge in [0, 0.05) is 18.1 Å². The summed E-state index contributed by atoms with van der Waals surface area (Å²) in [6, 6.07) is 6.34. The van der Waals surface area contributed by atoms with Gasteiger partial charge in [-0.3, -0.25) is 14.4 Å². The number of primary amides is 1. The second kappa shape index (κ2) is 11.1. The zero-order chi connectivity index (χ0) is 23.1. The molecule has 0 bridgehead atoms. The first-order valence-electron chi connectivity index (χ1n) is 10.0. The largest absolute Gasteiger partial charge is 0.395 e. The number of benzene rings is 1. The molecular formula is C21H28ClN5O3S. The van der Waals surface area contributed by atoms with Gasteiger partial charge < -0.3 is 21.7 Å². The van der Waals surface area contributed by atoms with E-state index in [0.717, 1.165) is 18.0 Å². The molecule has 1 atom stereocenters. The lowest BCUT2D eigenvalue weighted by Gasteiger charge is -2.30. The van der Waals surface area contributed by atoms with E-state index in [2.05, 4.69) is 23.5 Å². The van der Waals surface area contributed by atoms with Crippen LogP contribution in [-0.4, -0.2) is 39.6 Å². The highest BCUT2D eigenvalue weighted by Crippen LogP contribution is 2.27. The van der Waals surface area contributed by atoms with Gasteiger partial charge in [0.15, 0.2) is 5.69 Å². The van der Waals surface area contributed by atoms with Crippen molar-refractivity contribution in [3.63, 3.8) is 0 Å². The molecule has 3 amide bonds. The number of amides is 3. The van der Waals surface area contributed by atoms with Crippen LogP contribution in [0.25, 0.3) is 0 Å². The summed E-state index contributed by atoms with van der Waals surface area (Å²) in [5.41, 5.74) is 11.7. The molecule has 2 rings (SSSR count). The third kappa shape index (κ3) is 6.18. The minimum atomic E-state index is -0.816. The van der Waals surface area contributed by atoms with E-state index in [1.807, 2.05) is 6.92 Å². The van der Waals surface area contributed by atoms with E-state index >= 15 is 0 Å². The normalized spacial score (nSPS) is 11.9. The highest BCUT2D eigenvalue weighted by molar-refractivity contribution is 7.09. The molecular weight excluding hydrogens is 438 g/mol. The molecule has 2 aromatic rings. The van der Waals surface area contributed by atoms with E-state index in [9.17, 15) is 14.4 Å². The Bertz CT molecular complexity index is 947. The number of nitrogen functional groups attached to an aromatic ring is 1. The molecule has 0 aliphatic carbocycles. The van der Waals surface area contributed by atoms with Crippen molar-refractivity contribution in [2.24, 2.45) is 11.7 Å². The second-order valence-electron chi connectivity index (χ2n) is 7.56. The number of hydrogen-bond donors (Lipinski definition) is 3. The van der Waals surface area contributed by atoms with Gasteiger partial charge in [-0.05, 0) is 41.9 Å². The van der Waals surface area contributed by atoms with Crippen LogP contribution in [0.4, 0.5) is 5.69 Å². The van der Waals surface area contributed by atoms with Crippen LogP contribution in [0.2, 0.25) is 5.02 Å². The third-order valence-corrected chi connectivity index (χ3v) is 6.02. The fraction of sp³-hybridized carbons (Fsp3) is 0.429. The van der Waals surface area contributed by atoms with Crippen LogP contribution in [0.5, 0.6) is 0 Å². The Balaban J connectivity index is 2.39. The van der Waals surface area contributed by atoms with Gasteiger partial charge in [-0.1, -0.05) is 50.6 Å². The monoisotopic (exact) mass is 465 g/mol. The van der Waals surface area contributed by atoms with Gasteiger partial charge in [0.25, 0.3) is 11.8 Å². The number of halogens is 1. The van der Waals surface area contributed by atoms with Gasteiger partial charge >= 0.3 is 0 Å². The second-order valence-corrected chi connectivity index (χ2v) is 8.74. The SMILES string of the molecule is CC[C@@H](C(=O)NCCC(C)C)N(Cc1ccccc1Cl)C(=O)c1snc(C(N)=O)c1N. The molecule has 0 fully saturated rings. The first-order valence-corrected chi connectivity index (χ1v) is 11.2. The van der Waals surface area contributed by atoms with Crippen molar-refractivity contribution < 1.29 is 14.4 Å². The molecule has 0 saturated heterocycles. The van der Waals surface area contributed by atoms with Gasteiger partial charge in [-0.15, -0.1) is 0 Å². The lowest BCUT2D eigenvalue weighted by molar-refractivity contribution is -0.126. The van der Waals surface area contributed by atoms with Crippen molar-refractivity contribution >= 4 is 46.5 Å². The maximum Gasteiger partial charge on any atom is 0.270 e. The Morgan fingerprint density at radius 2 is 1.94 bits per heavy atom. The molecule has 0 aliphatic rings. The maximum absolute atomic E-state index is 13.4. The topological polar surface area (TPSA) is 131 Å². The van der Waals surface area contributed by atoms with Crippen molar-refractivity contribution in [1.82, 2.24) is 14.6 Å². The van der Waals surface area contributed by atoms with Crippen LogP contribution >= 0.6 is 23.1 Å². The van der Waals surface area contributed by atoms with Gasteiger partial charge in [-0.2, -0.15) is 4.37 Å². The molecule has 0 aliphatic heterocycles. The molecule has 0 spiro atoms. The van der Waals surface area contributed by atoms with Crippen LogP contribution in [0.3, 0.4) is 0 Å². The summed E-state index contributed by atoms with van der Waals surface area (Å²) in [6.45, 7) is 6.57. The Kier molecular flexibility index (Phi) is 8.82. The minimum Gasteiger partial charge on any atom is -0.395 e. The number of rotatable bonds is 10. The zero-order valence-electron chi connectivity index (χ0n) is 17.9. The van der Waals surface area contributed by atoms with Crippen LogP contribution in [0, 0.1) is 5.92 Å². The zero-order valence-corrected chi connectivity index (χ0v) is 19.4. The molecule has 1 aromatic heterocycles. The highest BCUT2D eigenvalue weighted by Gasteiger charge is 2.33. The van der Waals surface area contributed by atoms with Crippen LogP contribution in [0.15, 0.2) is 24.3 Å². The fourth-order valence-corrected chi connectivity index (χ4v) is 4.00. The Labute approximate surface area is 191 Å². The number of anilines is 1. The third-order valence-electron chi connectivity index (χ3n) is 4.80. The number of hydrogen-bond acceptors (Lipinski definition) is 6. The van der Waals surface area contributed by atoms with Crippen molar-refractivity contribution in [3.05, 3.63) is 45.4 Å². The van der Waals surface area contributed by atoms with E-state index in [1.165, 1.54) is 4.90 Å². The minimum absolute atomic E-state index is 0.0642. The van der Waals surface area contributed by atoms with Gasteiger partial charge in [0.05, 0.1) is 5.69 Å². The van der Waals surface area contributed by atoms with E-state index in [1.54, 1.807) is 24.3 Å². The molecule has 1 heterocycles. The maximum atomic E-state index is 13.4. The summed E-state index contributed by atoms with van der Waals surface area (Å²) in [5, 5.41) is 3.38. The van der Waals surface area contributed by atoms with Crippen molar-refractivity contribution in [1.29, 1.82) is 0 Å². The van der Waals surface area contributed by atoms with E-state index in [4.69, 9.17) is 23.1 Å². The first-order chi connectivity index (χ1) is 14.7. The summed E-state index contributed by atoms with van der Waals surface area (Å²) < 4.78 is 3.91. The predicted molar refractivity (Wildman–Crippen MR) is 123 cm³/mol. The standard InChI is InChI=1S/C21H28ClN5O3S/c1-4-15(20(29)25-10-9-12(2)3)27(11-13-7-5-6-8-14(13)22)21(30)18-16(23)17(19(24)28)26-31-18/h5-8,12,15H,4,9-11,23H2,1-3H3,(H2,24,28)(H,25,29)/t15-/m0/s1. The predicted octanol–water partition coefficient (Wildman–Crippen LogP) is 3.06. The van der Waals surface area contributed by atoms with Crippen LogP contribution in [0.1, 0.15) is 59.3 Å². The van der Waals surface area contributed by atoms with E-state index < -0.39 is 17.9 Å². The lowest BCUT2D eigenvalue weighted by atomic mass is 10.1. The van der Waals surface area contributed by atoms with Crippen LogP contribution in [-0.2, 0) is 11.3 Å². The Morgan fingerprint density at radius 1 is 1.26 bits per heavy atom. The quantitative estimate of drug-likeness (QED) is 0.496. The summed E-state index contributed by atoms with van der Waals surface area (Å²) >= 11 is 7.09. The number of nitrogens with two attached hydrogens (primary N) is 2. The smallest absolute Gasteiger partial charge is 0.270 e. The summed E-state index contributed by atoms with van der Waals surface area (Å²) in [6.07, 6.45) is 1.20. The molecule has 8 nitrogen and oxygen atoms in total. The summed E-state index contributed by atoms with van der Waals surface area (Å²) in [7, 11) is 0. The van der Waals surface area contributed by atoms with E-state index in [-0.39, 0.29) is 28.7 Å². The Hall–Kier alpha value is -2.65. The molecule has 0 radical (unpaired) electrons. The summed E-state index contributed by atoms with van der Waals surface area (Å²) in [5.74, 6) is -1.15. The molecule has 0 saturated carbocycles. The van der Waals surface area contributed by atoms with E-state index in [0.29, 0.717) is 29.5 Å². The first kappa shape index (κ1) is 24.6. The number of nitrogens with one attached hydrogen (secondary N) is 1.